The maximum absolute atomic E-state index is 13.1. The fourth-order valence-electron chi connectivity index (χ4n) is 2.79. The third kappa shape index (κ3) is 6.15. The fourth-order valence-corrected chi connectivity index (χ4v) is 2.79. The summed E-state index contributed by atoms with van der Waals surface area (Å²) in [5, 5.41) is 20.2. The predicted molar refractivity (Wildman–Crippen MR) is 95.6 cm³/mol. The van der Waals surface area contributed by atoms with Crippen LogP contribution in [0.3, 0.4) is 0 Å². The summed E-state index contributed by atoms with van der Waals surface area (Å²) >= 11 is 0. The second kappa shape index (κ2) is 9.48. The summed E-state index contributed by atoms with van der Waals surface area (Å²) in [6, 6.07) is 0. The molecule has 1 aliphatic heterocycles. The molecule has 9 nitrogen and oxygen atoms in total. The van der Waals surface area contributed by atoms with Crippen molar-refractivity contribution in [1.29, 1.82) is 0 Å². The molecule has 1 heterocycles. The number of amides is 2. The van der Waals surface area contributed by atoms with Crippen LogP contribution in [0, 0.1) is 17.3 Å². The normalized spacial score (nSPS) is 18.6. The third-order valence-electron chi connectivity index (χ3n) is 4.43. The third-order valence-corrected chi connectivity index (χ3v) is 4.43. The van der Waals surface area contributed by atoms with Crippen LogP contribution in [-0.2, 0) is 23.9 Å². The van der Waals surface area contributed by atoms with Crippen molar-refractivity contribution in [2.45, 2.75) is 46.6 Å². The first-order chi connectivity index (χ1) is 12.4. The van der Waals surface area contributed by atoms with Crippen LogP contribution >= 0.6 is 0 Å². The molecule has 0 bridgehead atoms. The Balaban J connectivity index is 3.15. The Morgan fingerprint density at radius 2 is 1.74 bits per heavy atom. The zero-order valence-electron chi connectivity index (χ0n) is 16.8. The van der Waals surface area contributed by atoms with E-state index in [2.05, 4.69) is 0 Å². The summed E-state index contributed by atoms with van der Waals surface area (Å²) < 4.78 is 10.4. The van der Waals surface area contributed by atoms with E-state index in [1.165, 1.54) is 10.4 Å². The molecular formula is C18H32N2O7. The van der Waals surface area contributed by atoms with Crippen LogP contribution in [0.15, 0.2) is 0 Å². The van der Waals surface area contributed by atoms with Crippen molar-refractivity contribution >= 4 is 17.8 Å². The Hall–Kier alpha value is -1.71. The average molecular weight is 388 g/mol. The van der Waals surface area contributed by atoms with E-state index in [1.54, 1.807) is 20.8 Å². The molecule has 1 fully saturated rings. The van der Waals surface area contributed by atoms with Crippen LogP contribution in [0.2, 0.25) is 0 Å². The van der Waals surface area contributed by atoms with E-state index in [1.807, 2.05) is 13.8 Å². The van der Waals surface area contributed by atoms with E-state index in [9.17, 15) is 19.5 Å². The van der Waals surface area contributed by atoms with Gasteiger partial charge in [0.05, 0.1) is 24.5 Å². The van der Waals surface area contributed by atoms with E-state index >= 15 is 0 Å². The largest absolute Gasteiger partial charge is 0.462 e. The quantitative estimate of drug-likeness (QED) is 0.326. The molecule has 0 saturated carbocycles. The molecule has 0 unspecified atom stereocenters. The van der Waals surface area contributed by atoms with Gasteiger partial charge in [-0.25, -0.2) is 5.48 Å². The fraction of sp³-hybridized carbons (Fsp3) is 0.833. The minimum absolute atomic E-state index is 0.0312. The van der Waals surface area contributed by atoms with Crippen molar-refractivity contribution < 1.29 is 34.2 Å². The summed E-state index contributed by atoms with van der Waals surface area (Å²) in [6.07, 6.45) is 0.174. The number of carbonyl (C=O) groups excluding carboxylic acids is 3. The Bertz CT molecular complexity index is 538. The zero-order valence-corrected chi connectivity index (χ0v) is 16.8. The van der Waals surface area contributed by atoms with Gasteiger partial charge < -0.3 is 19.5 Å². The van der Waals surface area contributed by atoms with Crippen LogP contribution in [0.5, 0.6) is 0 Å². The highest BCUT2D eigenvalue weighted by molar-refractivity contribution is 5.92. The first kappa shape index (κ1) is 23.3. The molecular weight excluding hydrogens is 356 g/mol. The predicted octanol–water partition coefficient (Wildman–Crippen LogP) is 0.333. The number of carbonyl (C=O) groups is 3. The molecule has 156 valence electrons. The lowest BCUT2D eigenvalue weighted by molar-refractivity contribution is -0.182. The summed E-state index contributed by atoms with van der Waals surface area (Å²) in [5.74, 6) is -3.47. The monoisotopic (exact) mass is 388 g/mol. The molecule has 0 spiro atoms. The Morgan fingerprint density at radius 1 is 1.19 bits per heavy atom. The molecule has 0 radical (unpaired) electrons. The van der Waals surface area contributed by atoms with Crippen molar-refractivity contribution in [2.75, 3.05) is 32.9 Å². The second-order valence-corrected chi connectivity index (χ2v) is 8.31. The van der Waals surface area contributed by atoms with Crippen LogP contribution in [-0.4, -0.2) is 71.5 Å². The smallest absolute Gasteiger partial charge is 0.311 e. The van der Waals surface area contributed by atoms with Crippen LogP contribution in [0.25, 0.3) is 0 Å². The van der Waals surface area contributed by atoms with Crippen molar-refractivity contribution in [3.63, 3.8) is 0 Å². The summed E-state index contributed by atoms with van der Waals surface area (Å²) in [7, 11) is 0. The molecule has 0 aromatic rings. The highest BCUT2D eigenvalue weighted by atomic mass is 16.5. The van der Waals surface area contributed by atoms with Gasteiger partial charge in [0.1, 0.15) is 6.61 Å². The standard InChI is InChI=1S/C18H32N2O7/c1-12(2)10-13(14(21)20-6-8-26-9-7-20)18(24,15(22)19-25)11-27-16(23)17(3,4)5/h12-13,24-25H,6-11H2,1-5H3,(H,19,22)/t13-,18+/m0/s1. The van der Waals surface area contributed by atoms with E-state index < -0.39 is 41.3 Å². The highest BCUT2D eigenvalue weighted by Gasteiger charge is 2.50. The van der Waals surface area contributed by atoms with Crippen LogP contribution in [0.1, 0.15) is 41.0 Å². The van der Waals surface area contributed by atoms with Gasteiger partial charge in [-0.3, -0.25) is 19.6 Å². The summed E-state index contributed by atoms with van der Waals surface area (Å²) in [4.78, 5) is 39.0. The maximum Gasteiger partial charge on any atom is 0.311 e. The molecule has 2 atom stereocenters. The van der Waals surface area contributed by atoms with Gasteiger partial charge in [0.2, 0.25) is 5.91 Å². The molecule has 0 aromatic carbocycles. The summed E-state index contributed by atoms with van der Waals surface area (Å²) in [5.41, 5.74) is -1.84. The number of aliphatic hydroxyl groups is 1. The van der Waals surface area contributed by atoms with Gasteiger partial charge in [0.25, 0.3) is 5.91 Å². The zero-order chi connectivity index (χ0) is 20.8. The molecule has 9 heteroatoms. The SMILES string of the molecule is CC(C)C[C@@H](C(=O)N1CCOCC1)[C@](O)(COC(=O)C(C)(C)C)C(=O)NO. The Kier molecular flexibility index (Phi) is 8.19. The molecule has 3 N–H and O–H groups in total. The maximum atomic E-state index is 13.1. The summed E-state index contributed by atoms with van der Waals surface area (Å²) in [6.45, 7) is 9.26. The number of hydrogen-bond acceptors (Lipinski definition) is 7. The minimum atomic E-state index is -2.39. The molecule has 27 heavy (non-hydrogen) atoms. The van der Waals surface area contributed by atoms with Crippen LogP contribution in [0.4, 0.5) is 0 Å². The highest BCUT2D eigenvalue weighted by Crippen LogP contribution is 2.29. The van der Waals surface area contributed by atoms with Gasteiger partial charge in [0, 0.05) is 13.1 Å². The molecule has 2 amide bonds. The van der Waals surface area contributed by atoms with E-state index in [0.29, 0.717) is 26.3 Å². The Labute approximate surface area is 160 Å². The lowest BCUT2D eigenvalue weighted by atomic mass is 9.80. The molecule has 1 rings (SSSR count). The number of hydroxylamine groups is 1. The topological polar surface area (TPSA) is 125 Å². The number of morpholine rings is 1. The van der Waals surface area contributed by atoms with Gasteiger partial charge in [-0.2, -0.15) is 0 Å². The van der Waals surface area contributed by atoms with Crippen molar-refractivity contribution in [1.82, 2.24) is 10.4 Å². The molecule has 0 aromatic heterocycles. The average Bonchev–Trinajstić information content (AvgIpc) is 2.62. The van der Waals surface area contributed by atoms with Crippen molar-refractivity contribution in [3.8, 4) is 0 Å². The number of ether oxygens (including phenoxy) is 2. The number of esters is 1. The van der Waals surface area contributed by atoms with Gasteiger partial charge in [-0.15, -0.1) is 0 Å². The number of nitrogens with one attached hydrogen (secondary N) is 1. The first-order valence-corrected chi connectivity index (χ1v) is 9.14. The number of rotatable bonds is 7. The van der Waals surface area contributed by atoms with Gasteiger partial charge >= 0.3 is 5.97 Å². The number of hydrogen-bond donors (Lipinski definition) is 3. The lowest BCUT2D eigenvalue weighted by Gasteiger charge is -2.38. The molecule has 1 saturated heterocycles. The van der Waals surface area contributed by atoms with E-state index in [0.717, 1.165) is 0 Å². The lowest BCUT2D eigenvalue weighted by Crippen LogP contribution is -2.60. The molecule has 1 aliphatic rings. The first-order valence-electron chi connectivity index (χ1n) is 9.14. The molecule has 0 aliphatic carbocycles. The van der Waals surface area contributed by atoms with Crippen LogP contribution < -0.4 is 5.48 Å². The van der Waals surface area contributed by atoms with E-state index in [4.69, 9.17) is 14.7 Å². The Morgan fingerprint density at radius 3 is 2.19 bits per heavy atom. The number of nitrogens with zero attached hydrogens (tertiary/aromatic N) is 1. The van der Waals surface area contributed by atoms with Crippen molar-refractivity contribution in [2.24, 2.45) is 17.3 Å². The van der Waals surface area contributed by atoms with Gasteiger partial charge in [-0.05, 0) is 33.1 Å². The van der Waals surface area contributed by atoms with Crippen molar-refractivity contribution in [3.05, 3.63) is 0 Å². The minimum Gasteiger partial charge on any atom is -0.462 e. The van der Waals surface area contributed by atoms with Gasteiger partial charge in [0.15, 0.2) is 5.60 Å². The second-order valence-electron chi connectivity index (χ2n) is 8.31. The van der Waals surface area contributed by atoms with E-state index in [-0.39, 0.29) is 12.3 Å². The van der Waals surface area contributed by atoms with Gasteiger partial charge in [-0.1, -0.05) is 13.8 Å².